The molecular formula is C16H15N3OS. The van der Waals surface area contributed by atoms with Gasteiger partial charge in [0.05, 0.1) is 19.3 Å². The number of nitrogens with one attached hydrogen (secondary N) is 1. The monoisotopic (exact) mass is 297 g/mol. The van der Waals surface area contributed by atoms with Crippen LogP contribution < -0.4 is 10.1 Å². The Morgan fingerprint density at radius 2 is 2.05 bits per heavy atom. The van der Waals surface area contributed by atoms with Gasteiger partial charge in [-0.1, -0.05) is 12.1 Å². The van der Waals surface area contributed by atoms with Crippen molar-refractivity contribution in [1.82, 2.24) is 9.97 Å². The molecule has 5 heteroatoms. The lowest BCUT2D eigenvalue weighted by atomic mass is 10.2. The van der Waals surface area contributed by atoms with E-state index < -0.39 is 0 Å². The van der Waals surface area contributed by atoms with Crippen LogP contribution in [0.2, 0.25) is 0 Å². The lowest BCUT2D eigenvalue weighted by Gasteiger charge is -2.03. The maximum atomic E-state index is 5.25. The maximum absolute atomic E-state index is 5.25. The van der Waals surface area contributed by atoms with E-state index in [4.69, 9.17) is 4.74 Å². The molecule has 0 aliphatic rings. The molecule has 1 aromatic carbocycles. The summed E-state index contributed by atoms with van der Waals surface area (Å²) in [7, 11) is 1.67. The number of hydrogen-bond acceptors (Lipinski definition) is 5. The molecule has 3 aromatic rings. The van der Waals surface area contributed by atoms with Gasteiger partial charge in [0.15, 0.2) is 0 Å². The van der Waals surface area contributed by atoms with E-state index in [1.54, 1.807) is 30.8 Å². The van der Waals surface area contributed by atoms with Crippen LogP contribution in [0.25, 0.3) is 11.3 Å². The number of pyridine rings is 1. The summed E-state index contributed by atoms with van der Waals surface area (Å²) in [5, 5.41) is 6.45. The third kappa shape index (κ3) is 3.38. The average molecular weight is 297 g/mol. The molecule has 0 bridgehead atoms. The van der Waals surface area contributed by atoms with Gasteiger partial charge in [-0.25, -0.2) is 4.98 Å². The quantitative estimate of drug-likeness (QED) is 0.777. The molecule has 0 saturated carbocycles. The zero-order valence-electron chi connectivity index (χ0n) is 11.6. The van der Waals surface area contributed by atoms with Crippen molar-refractivity contribution in [2.75, 3.05) is 12.4 Å². The Labute approximate surface area is 127 Å². The number of ether oxygens (including phenoxy) is 1. The van der Waals surface area contributed by atoms with Crippen LogP contribution >= 0.6 is 11.3 Å². The summed E-state index contributed by atoms with van der Waals surface area (Å²) in [4.78, 5) is 8.65. The van der Waals surface area contributed by atoms with E-state index in [0.29, 0.717) is 6.54 Å². The van der Waals surface area contributed by atoms with Gasteiger partial charge in [-0.2, -0.15) is 0 Å². The fourth-order valence-corrected chi connectivity index (χ4v) is 2.70. The zero-order chi connectivity index (χ0) is 14.5. The molecule has 0 aliphatic heterocycles. The minimum Gasteiger partial charge on any atom is -0.497 e. The summed E-state index contributed by atoms with van der Waals surface area (Å²) in [6.45, 7) is 0.707. The molecule has 0 fully saturated rings. The highest BCUT2D eigenvalue weighted by molar-refractivity contribution is 7.09. The first-order valence-electron chi connectivity index (χ1n) is 6.58. The van der Waals surface area contributed by atoms with Crippen molar-refractivity contribution in [1.29, 1.82) is 0 Å². The summed E-state index contributed by atoms with van der Waals surface area (Å²) in [5.74, 6) is 0.844. The van der Waals surface area contributed by atoms with Crippen molar-refractivity contribution in [2.24, 2.45) is 0 Å². The van der Waals surface area contributed by atoms with E-state index in [-0.39, 0.29) is 0 Å². The highest BCUT2D eigenvalue weighted by atomic mass is 32.1. The zero-order valence-corrected chi connectivity index (χ0v) is 12.4. The van der Waals surface area contributed by atoms with Crippen LogP contribution in [0.1, 0.15) is 5.01 Å². The molecule has 0 aliphatic carbocycles. The Bertz CT molecular complexity index is 712. The highest BCUT2D eigenvalue weighted by Gasteiger charge is 2.05. The van der Waals surface area contributed by atoms with Gasteiger partial charge in [0.25, 0.3) is 0 Å². The Morgan fingerprint density at radius 3 is 2.86 bits per heavy atom. The van der Waals surface area contributed by atoms with Gasteiger partial charge in [-0.3, -0.25) is 4.98 Å². The number of benzene rings is 1. The second-order valence-corrected chi connectivity index (χ2v) is 5.39. The molecular weight excluding hydrogens is 282 g/mol. The van der Waals surface area contributed by atoms with Gasteiger partial charge in [0.2, 0.25) is 0 Å². The molecule has 2 aromatic heterocycles. The van der Waals surface area contributed by atoms with Crippen molar-refractivity contribution < 1.29 is 4.74 Å². The normalized spacial score (nSPS) is 10.3. The molecule has 2 heterocycles. The van der Waals surface area contributed by atoms with Crippen LogP contribution in [0.5, 0.6) is 5.75 Å². The Balaban J connectivity index is 1.71. The number of methoxy groups -OCH3 is 1. The molecule has 0 unspecified atom stereocenters. The lowest BCUT2D eigenvalue weighted by Crippen LogP contribution is -1.98. The highest BCUT2D eigenvalue weighted by Crippen LogP contribution is 2.25. The van der Waals surface area contributed by atoms with Crippen LogP contribution in [0, 0.1) is 0 Å². The Hall–Kier alpha value is -2.40. The third-order valence-corrected chi connectivity index (χ3v) is 3.89. The van der Waals surface area contributed by atoms with Crippen molar-refractivity contribution in [2.45, 2.75) is 6.54 Å². The fraction of sp³-hybridized carbons (Fsp3) is 0.125. The molecule has 106 valence electrons. The summed E-state index contributed by atoms with van der Waals surface area (Å²) in [6, 6.07) is 11.8. The van der Waals surface area contributed by atoms with Crippen LogP contribution in [-0.4, -0.2) is 17.1 Å². The predicted octanol–water partition coefficient (Wildman–Crippen LogP) is 3.83. The first kappa shape index (κ1) is 13.6. The van der Waals surface area contributed by atoms with E-state index in [0.717, 1.165) is 27.7 Å². The van der Waals surface area contributed by atoms with E-state index >= 15 is 0 Å². The smallest absolute Gasteiger partial charge is 0.119 e. The van der Waals surface area contributed by atoms with Crippen molar-refractivity contribution in [3.05, 3.63) is 59.2 Å². The Morgan fingerprint density at radius 1 is 1.19 bits per heavy atom. The first-order valence-corrected chi connectivity index (χ1v) is 7.46. The molecule has 0 radical (unpaired) electrons. The van der Waals surface area contributed by atoms with Crippen molar-refractivity contribution in [3.63, 3.8) is 0 Å². The van der Waals surface area contributed by atoms with Gasteiger partial charge in [-0.05, 0) is 24.3 Å². The van der Waals surface area contributed by atoms with Crippen LogP contribution in [0.4, 0.5) is 5.69 Å². The molecule has 0 atom stereocenters. The molecule has 3 rings (SSSR count). The second-order valence-electron chi connectivity index (χ2n) is 4.45. The summed E-state index contributed by atoms with van der Waals surface area (Å²) in [5.41, 5.74) is 3.09. The van der Waals surface area contributed by atoms with Crippen molar-refractivity contribution in [3.8, 4) is 17.0 Å². The second kappa shape index (κ2) is 6.37. The molecule has 0 spiro atoms. The molecule has 21 heavy (non-hydrogen) atoms. The number of anilines is 1. The maximum Gasteiger partial charge on any atom is 0.119 e. The SMILES string of the molecule is COc1cccc(-c2csc(CNc3ccncc3)n2)c1. The van der Waals surface area contributed by atoms with Gasteiger partial charge in [0.1, 0.15) is 10.8 Å². The number of aromatic nitrogens is 2. The standard InChI is InChI=1S/C16H15N3OS/c1-20-14-4-2-3-12(9-14)15-11-21-16(19-15)10-18-13-5-7-17-8-6-13/h2-9,11H,10H2,1H3,(H,17,18). The number of thiazole rings is 1. The van der Waals surface area contributed by atoms with Crippen LogP contribution in [-0.2, 0) is 6.54 Å². The summed E-state index contributed by atoms with van der Waals surface area (Å²) in [6.07, 6.45) is 3.54. The predicted molar refractivity (Wildman–Crippen MR) is 85.7 cm³/mol. The topological polar surface area (TPSA) is 47.0 Å². The third-order valence-electron chi connectivity index (χ3n) is 3.04. The summed E-state index contributed by atoms with van der Waals surface area (Å²) < 4.78 is 5.25. The number of rotatable bonds is 5. The molecule has 4 nitrogen and oxygen atoms in total. The van der Waals surface area contributed by atoms with Crippen LogP contribution in [0.3, 0.4) is 0 Å². The largest absolute Gasteiger partial charge is 0.497 e. The van der Waals surface area contributed by atoms with E-state index in [1.165, 1.54) is 0 Å². The van der Waals surface area contributed by atoms with E-state index in [2.05, 4.69) is 20.7 Å². The lowest BCUT2D eigenvalue weighted by molar-refractivity contribution is 0.415. The van der Waals surface area contributed by atoms with Gasteiger partial charge in [-0.15, -0.1) is 11.3 Å². The Kier molecular flexibility index (Phi) is 4.12. The average Bonchev–Trinajstić information content (AvgIpc) is 3.03. The molecule has 0 saturated heterocycles. The van der Waals surface area contributed by atoms with Gasteiger partial charge in [0, 0.05) is 29.0 Å². The summed E-state index contributed by atoms with van der Waals surface area (Å²) >= 11 is 1.65. The van der Waals surface area contributed by atoms with Gasteiger partial charge < -0.3 is 10.1 Å². The minimum atomic E-state index is 0.707. The van der Waals surface area contributed by atoms with Gasteiger partial charge >= 0.3 is 0 Å². The number of hydrogen-bond donors (Lipinski definition) is 1. The van der Waals surface area contributed by atoms with Crippen molar-refractivity contribution >= 4 is 17.0 Å². The van der Waals surface area contributed by atoms with E-state index in [1.807, 2.05) is 36.4 Å². The molecule has 0 amide bonds. The molecule has 1 N–H and O–H groups in total. The fourth-order valence-electron chi connectivity index (χ4n) is 1.95. The first-order chi connectivity index (χ1) is 10.3. The van der Waals surface area contributed by atoms with Crippen LogP contribution in [0.15, 0.2) is 54.2 Å². The number of nitrogens with zero attached hydrogens (tertiary/aromatic N) is 2. The minimum absolute atomic E-state index is 0.707. The van der Waals surface area contributed by atoms with E-state index in [9.17, 15) is 0 Å².